The number of hydrogen-bond acceptors (Lipinski definition) is 0. The van der Waals surface area contributed by atoms with Crippen LogP contribution in [0.15, 0.2) is 54.6 Å². The van der Waals surface area contributed by atoms with Crippen LogP contribution in [-0.2, 0) is 0 Å². The Morgan fingerprint density at radius 3 is 1.53 bits per heavy atom. The van der Waals surface area contributed by atoms with Gasteiger partial charge in [-0.25, -0.2) is 0 Å². The quantitative estimate of drug-likeness (QED) is 0.493. The molecule has 0 saturated heterocycles. The average molecular weight is 265 g/mol. The van der Waals surface area contributed by atoms with Gasteiger partial charge < -0.3 is 0 Å². The molecule has 3 aromatic rings. The van der Waals surface area contributed by atoms with Crippen molar-refractivity contribution in [3.8, 4) is 0 Å². The summed E-state index contributed by atoms with van der Waals surface area (Å²) in [5, 5.41) is 5.37. The van der Waals surface area contributed by atoms with Gasteiger partial charge in [-0.05, 0) is 40.1 Å². The minimum Gasteiger partial charge on any atom is -0.147 e. The van der Waals surface area contributed by atoms with E-state index in [0.29, 0.717) is 0 Å². The zero-order chi connectivity index (χ0) is 10.3. The van der Waals surface area contributed by atoms with E-state index in [1.807, 2.05) is 0 Å². The highest BCUT2D eigenvalue weighted by atomic mass is 35.5. The van der Waals surface area contributed by atoms with Crippen LogP contribution in [-0.4, -0.2) is 0 Å². The fourth-order valence-electron chi connectivity index (χ4n) is 2.24. The lowest BCUT2D eigenvalue weighted by Gasteiger charge is -2.06. The average Bonchev–Trinajstić information content (AvgIpc) is 2.30. The maximum Gasteiger partial charge on any atom is -0.0148 e. The van der Waals surface area contributed by atoms with Gasteiger partial charge >= 0.3 is 0 Å². The van der Waals surface area contributed by atoms with E-state index in [1.165, 1.54) is 27.1 Å². The molecule has 0 N–H and O–H groups in total. The zero-order valence-electron chi connectivity index (χ0n) is 9.51. The third kappa shape index (κ3) is 2.24. The Balaban J connectivity index is 0.000000722. The lowest BCUT2D eigenvalue weighted by Crippen LogP contribution is -1.81. The van der Waals surface area contributed by atoms with Gasteiger partial charge in [-0.3, -0.25) is 0 Å². The van der Waals surface area contributed by atoms with E-state index in [0.717, 1.165) is 0 Å². The second kappa shape index (κ2) is 5.39. The lowest BCUT2D eigenvalue weighted by molar-refractivity contribution is 1.58. The Morgan fingerprint density at radius 2 is 1.06 bits per heavy atom. The molecule has 0 unspecified atom stereocenters. The Labute approximate surface area is 113 Å². The van der Waals surface area contributed by atoms with Gasteiger partial charge in [0.05, 0.1) is 0 Å². The lowest BCUT2D eigenvalue weighted by atomic mass is 9.98. The maximum absolute atomic E-state index is 2.26. The zero-order valence-corrected chi connectivity index (χ0v) is 11.1. The molecular formula is C15H14Cl2. The predicted octanol–water partition coefficient (Wildman–Crippen LogP) is 5.15. The molecule has 0 saturated carbocycles. The SMILES string of the molecule is Cc1c2ccccc2cc2ccccc12.Cl.Cl. The summed E-state index contributed by atoms with van der Waals surface area (Å²) in [7, 11) is 0. The van der Waals surface area contributed by atoms with Crippen LogP contribution in [0, 0.1) is 6.92 Å². The van der Waals surface area contributed by atoms with Crippen molar-refractivity contribution in [3.05, 3.63) is 60.2 Å². The molecule has 0 fully saturated rings. The molecule has 3 aromatic carbocycles. The van der Waals surface area contributed by atoms with E-state index in [9.17, 15) is 0 Å². The molecule has 0 bridgehead atoms. The van der Waals surface area contributed by atoms with Gasteiger partial charge in [0.15, 0.2) is 0 Å². The van der Waals surface area contributed by atoms with Gasteiger partial charge in [-0.2, -0.15) is 0 Å². The monoisotopic (exact) mass is 264 g/mol. The van der Waals surface area contributed by atoms with E-state index in [1.54, 1.807) is 0 Å². The van der Waals surface area contributed by atoms with Gasteiger partial charge in [-0.15, -0.1) is 24.8 Å². The fraction of sp³-hybridized carbons (Fsp3) is 0.0667. The van der Waals surface area contributed by atoms with E-state index in [-0.39, 0.29) is 24.8 Å². The number of rotatable bonds is 0. The number of benzene rings is 3. The molecule has 0 atom stereocenters. The van der Waals surface area contributed by atoms with Crippen LogP contribution in [0.5, 0.6) is 0 Å². The Kier molecular flexibility index (Phi) is 4.39. The first-order valence-electron chi connectivity index (χ1n) is 5.23. The number of fused-ring (bicyclic) bond motifs is 2. The topological polar surface area (TPSA) is 0 Å². The van der Waals surface area contributed by atoms with Crippen molar-refractivity contribution in [1.29, 1.82) is 0 Å². The van der Waals surface area contributed by atoms with Gasteiger partial charge in [0, 0.05) is 0 Å². The first-order chi connectivity index (χ1) is 7.36. The van der Waals surface area contributed by atoms with Gasteiger partial charge in [0.1, 0.15) is 0 Å². The van der Waals surface area contributed by atoms with Crippen LogP contribution < -0.4 is 0 Å². The highest BCUT2D eigenvalue weighted by Gasteiger charge is 2.01. The standard InChI is InChI=1S/C15H12.2ClH/c1-11-14-8-4-2-6-12(14)10-13-7-3-5-9-15(11)13;;/h2-10H,1H3;2*1H. The van der Waals surface area contributed by atoms with Crippen molar-refractivity contribution >= 4 is 46.4 Å². The molecule has 0 aliphatic rings. The molecule has 17 heavy (non-hydrogen) atoms. The van der Waals surface area contributed by atoms with Gasteiger partial charge in [0.2, 0.25) is 0 Å². The van der Waals surface area contributed by atoms with Gasteiger partial charge in [0.25, 0.3) is 0 Å². The molecule has 0 amide bonds. The molecule has 88 valence electrons. The summed E-state index contributed by atoms with van der Waals surface area (Å²) in [5.41, 5.74) is 1.38. The van der Waals surface area contributed by atoms with E-state index in [4.69, 9.17) is 0 Å². The smallest absolute Gasteiger partial charge is 0.0148 e. The summed E-state index contributed by atoms with van der Waals surface area (Å²) in [5.74, 6) is 0. The van der Waals surface area contributed by atoms with E-state index >= 15 is 0 Å². The van der Waals surface area contributed by atoms with Crippen molar-refractivity contribution in [3.63, 3.8) is 0 Å². The second-order valence-corrected chi connectivity index (χ2v) is 3.94. The van der Waals surface area contributed by atoms with Crippen LogP contribution in [0.2, 0.25) is 0 Å². The molecule has 3 rings (SSSR count). The molecule has 0 nitrogen and oxygen atoms in total. The molecule has 0 heterocycles. The molecular weight excluding hydrogens is 251 g/mol. The third-order valence-corrected chi connectivity index (χ3v) is 3.04. The van der Waals surface area contributed by atoms with E-state index in [2.05, 4.69) is 61.5 Å². The molecule has 0 spiro atoms. The summed E-state index contributed by atoms with van der Waals surface area (Å²) in [4.78, 5) is 0. The minimum atomic E-state index is 0. The van der Waals surface area contributed by atoms with Crippen LogP contribution >= 0.6 is 24.8 Å². The highest BCUT2D eigenvalue weighted by molar-refractivity contribution is 6.01. The Hall–Kier alpha value is -1.24. The molecule has 0 aliphatic heterocycles. The van der Waals surface area contributed by atoms with Crippen LogP contribution in [0.1, 0.15) is 5.56 Å². The maximum atomic E-state index is 2.26. The molecule has 0 radical (unpaired) electrons. The number of hydrogen-bond donors (Lipinski definition) is 0. The van der Waals surface area contributed by atoms with Crippen molar-refractivity contribution in [2.45, 2.75) is 6.92 Å². The largest absolute Gasteiger partial charge is 0.147 e. The summed E-state index contributed by atoms with van der Waals surface area (Å²) in [6, 6.07) is 19.4. The molecule has 2 heteroatoms. The minimum absolute atomic E-state index is 0. The van der Waals surface area contributed by atoms with Crippen molar-refractivity contribution in [2.24, 2.45) is 0 Å². The van der Waals surface area contributed by atoms with Crippen LogP contribution in [0.25, 0.3) is 21.5 Å². The predicted molar refractivity (Wildman–Crippen MR) is 80.7 cm³/mol. The van der Waals surface area contributed by atoms with Crippen LogP contribution in [0.4, 0.5) is 0 Å². The first-order valence-corrected chi connectivity index (χ1v) is 5.23. The summed E-state index contributed by atoms with van der Waals surface area (Å²) < 4.78 is 0. The first kappa shape index (κ1) is 13.8. The van der Waals surface area contributed by atoms with Crippen LogP contribution in [0.3, 0.4) is 0 Å². The fourth-order valence-corrected chi connectivity index (χ4v) is 2.24. The third-order valence-electron chi connectivity index (χ3n) is 3.04. The highest BCUT2D eigenvalue weighted by Crippen LogP contribution is 2.27. The summed E-state index contributed by atoms with van der Waals surface area (Å²) in [6.45, 7) is 2.20. The summed E-state index contributed by atoms with van der Waals surface area (Å²) in [6.07, 6.45) is 0. The van der Waals surface area contributed by atoms with Crippen molar-refractivity contribution < 1.29 is 0 Å². The Morgan fingerprint density at radius 1 is 0.647 bits per heavy atom. The molecule has 0 aromatic heterocycles. The van der Waals surface area contributed by atoms with E-state index < -0.39 is 0 Å². The van der Waals surface area contributed by atoms with Crippen molar-refractivity contribution in [2.75, 3.05) is 0 Å². The van der Waals surface area contributed by atoms with Gasteiger partial charge in [-0.1, -0.05) is 48.5 Å². The number of halogens is 2. The molecule has 0 aliphatic carbocycles. The van der Waals surface area contributed by atoms with Crippen molar-refractivity contribution in [1.82, 2.24) is 0 Å². The Bertz CT molecular complexity index is 591. The normalized spacial score (nSPS) is 9.71. The number of aryl methyl sites for hydroxylation is 1. The summed E-state index contributed by atoms with van der Waals surface area (Å²) >= 11 is 0. The second-order valence-electron chi connectivity index (χ2n) is 3.94.